The molecule has 5 heteroatoms. The van der Waals surface area contributed by atoms with Crippen molar-refractivity contribution in [3.05, 3.63) is 71.4 Å². The molecule has 0 aliphatic heterocycles. The number of benzene rings is 2. The Balaban J connectivity index is 1.81. The maximum absolute atomic E-state index is 5.08. The molecule has 25 heavy (non-hydrogen) atoms. The van der Waals surface area contributed by atoms with Gasteiger partial charge in [-0.15, -0.1) is 0 Å². The zero-order valence-corrected chi connectivity index (χ0v) is 14.8. The van der Waals surface area contributed by atoms with Crippen LogP contribution in [0.5, 0.6) is 0 Å². The minimum Gasteiger partial charge on any atom is -0.383 e. The second-order valence-electron chi connectivity index (χ2n) is 6.05. The largest absolute Gasteiger partial charge is 0.383 e. The summed E-state index contributed by atoms with van der Waals surface area (Å²) < 4.78 is 5.08. The zero-order chi connectivity index (χ0) is 17.5. The van der Waals surface area contributed by atoms with E-state index in [0.717, 1.165) is 23.5 Å². The summed E-state index contributed by atoms with van der Waals surface area (Å²) in [5.74, 6) is 0. The third kappa shape index (κ3) is 4.75. The van der Waals surface area contributed by atoms with E-state index in [4.69, 9.17) is 14.9 Å². The molecule has 2 aromatic carbocycles. The quantitative estimate of drug-likeness (QED) is 0.643. The SMILES string of the molecule is COCCNCc1nn(Cc2ccc(C)cc2)nc1-c1ccccc1. The molecule has 1 N–H and O–H groups in total. The third-order valence-corrected chi connectivity index (χ3v) is 3.99. The average Bonchev–Trinajstić information content (AvgIpc) is 3.04. The number of hydrogen-bond donors (Lipinski definition) is 1. The fraction of sp³-hybridized carbons (Fsp3) is 0.300. The molecule has 0 aliphatic rings. The van der Waals surface area contributed by atoms with Crippen molar-refractivity contribution in [1.29, 1.82) is 0 Å². The minimum absolute atomic E-state index is 0.665. The van der Waals surface area contributed by atoms with Crippen molar-refractivity contribution in [2.45, 2.75) is 20.0 Å². The fourth-order valence-corrected chi connectivity index (χ4v) is 2.63. The Morgan fingerprint density at radius 3 is 2.48 bits per heavy atom. The van der Waals surface area contributed by atoms with E-state index in [0.29, 0.717) is 19.7 Å². The average molecular weight is 336 g/mol. The molecule has 1 heterocycles. The van der Waals surface area contributed by atoms with Gasteiger partial charge in [-0.2, -0.15) is 15.0 Å². The maximum Gasteiger partial charge on any atom is 0.117 e. The van der Waals surface area contributed by atoms with Crippen LogP contribution in [-0.2, 0) is 17.8 Å². The third-order valence-electron chi connectivity index (χ3n) is 3.99. The predicted molar refractivity (Wildman–Crippen MR) is 99.3 cm³/mol. The number of nitrogens with one attached hydrogen (secondary N) is 1. The Labute approximate surface area is 148 Å². The number of rotatable bonds is 8. The van der Waals surface area contributed by atoms with Gasteiger partial charge in [0.2, 0.25) is 0 Å². The summed E-state index contributed by atoms with van der Waals surface area (Å²) >= 11 is 0. The topological polar surface area (TPSA) is 52.0 Å². The summed E-state index contributed by atoms with van der Waals surface area (Å²) in [4.78, 5) is 1.78. The molecule has 0 unspecified atom stereocenters. The van der Waals surface area contributed by atoms with E-state index in [-0.39, 0.29) is 0 Å². The van der Waals surface area contributed by atoms with Crippen molar-refractivity contribution >= 4 is 0 Å². The first-order valence-electron chi connectivity index (χ1n) is 8.51. The molecule has 0 bridgehead atoms. The van der Waals surface area contributed by atoms with Crippen LogP contribution in [0.15, 0.2) is 54.6 Å². The summed E-state index contributed by atoms with van der Waals surface area (Å²) in [6.45, 7) is 4.89. The van der Waals surface area contributed by atoms with Crippen LogP contribution in [-0.4, -0.2) is 35.3 Å². The van der Waals surface area contributed by atoms with E-state index in [2.05, 4.69) is 48.6 Å². The lowest BCUT2D eigenvalue weighted by molar-refractivity contribution is 0.199. The van der Waals surface area contributed by atoms with Crippen molar-refractivity contribution in [2.24, 2.45) is 0 Å². The molecular weight excluding hydrogens is 312 g/mol. The van der Waals surface area contributed by atoms with Gasteiger partial charge >= 0.3 is 0 Å². The molecule has 3 rings (SSSR count). The lowest BCUT2D eigenvalue weighted by atomic mass is 10.1. The molecule has 0 aliphatic carbocycles. The monoisotopic (exact) mass is 336 g/mol. The van der Waals surface area contributed by atoms with E-state index in [1.54, 1.807) is 11.9 Å². The van der Waals surface area contributed by atoms with Gasteiger partial charge in [-0.3, -0.25) is 0 Å². The van der Waals surface area contributed by atoms with Gasteiger partial charge in [-0.05, 0) is 12.5 Å². The van der Waals surface area contributed by atoms with Gasteiger partial charge in [-0.1, -0.05) is 60.2 Å². The van der Waals surface area contributed by atoms with Crippen molar-refractivity contribution in [2.75, 3.05) is 20.3 Å². The Hall–Kier alpha value is -2.50. The Kier molecular flexibility index (Phi) is 5.93. The van der Waals surface area contributed by atoms with Gasteiger partial charge in [0.05, 0.1) is 13.2 Å². The van der Waals surface area contributed by atoms with Crippen LogP contribution in [0.3, 0.4) is 0 Å². The fourth-order valence-electron chi connectivity index (χ4n) is 2.63. The highest BCUT2D eigenvalue weighted by Crippen LogP contribution is 2.20. The molecule has 5 nitrogen and oxygen atoms in total. The first-order valence-corrected chi connectivity index (χ1v) is 8.51. The Bertz CT molecular complexity index is 781. The predicted octanol–water partition coefficient (Wildman–Crippen LogP) is 3.04. The van der Waals surface area contributed by atoms with Crippen LogP contribution >= 0.6 is 0 Å². The summed E-state index contributed by atoms with van der Waals surface area (Å²) in [6, 6.07) is 18.7. The number of aryl methyl sites for hydroxylation is 1. The van der Waals surface area contributed by atoms with Gasteiger partial charge in [0.25, 0.3) is 0 Å². The molecule has 0 amide bonds. The van der Waals surface area contributed by atoms with Gasteiger partial charge < -0.3 is 10.1 Å². The molecule has 0 fully saturated rings. The van der Waals surface area contributed by atoms with Crippen LogP contribution in [0, 0.1) is 6.92 Å². The Morgan fingerprint density at radius 2 is 1.76 bits per heavy atom. The van der Waals surface area contributed by atoms with Crippen LogP contribution in [0.4, 0.5) is 0 Å². The van der Waals surface area contributed by atoms with Crippen LogP contribution in [0.1, 0.15) is 16.8 Å². The number of aromatic nitrogens is 3. The lowest BCUT2D eigenvalue weighted by Gasteiger charge is -2.03. The molecule has 0 spiro atoms. The van der Waals surface area contributed by atoms with Gasteiger partial charge in [-0.25, -0.2) is 0 Å². The highest BCUT2D eigenvalue weighted by Gasteiger charge is 2.13. The molecule has 3 aromatic rings. The van der Waals surface area contributed by atoms with E-state index < -0.39 is 0 Å². The van der Waals surface area contributed by atoms with E-state index in [9.17, 15) is 0 Å². The maximum atomic E-state index is 5.08. The first kappa shape index (κ1) is 17.3. The van der Waals surface area contributed by atoms with Crippen molar-refractivity contribution in [3.63, 3.8) is 0 Å². The smallest absolute Gasteiger partial charge is 0.117 e. The highest BCUT2D eigenvalue weighted by atomic mass is 16.5. The van der Waals surface area contributed by atoms with Crippen molar-refractivity contribution in [1.82, 2.24) is 20.3 Å². The van der Waals surface area contributed by atoms with E-state index >= 15 is 0 Å². The summed E-state index contributed by atoms with van der Waals surface area (Å²) in [5.41, 5.74) is 5.41. The molecule has 1 aromatic heterocycles. The number of hydrogen-bond acceptors (Lipinski definition) is 4. The van der Waals surface area contributed by atoms with E-state index in [1.165, 1.54) is 11.1 Å². The summed E-state index contributed by atoms with van der Waals surface area (Å²) in [5, 5.41) is 12.8. The van der Waals surface area contributed by atoms with Gasteiger partial charge in [0, 0.05) is 25.8 Å². The molecule has 0 saturated heterocycles. The summed E-state index contributed by atoms with van der Waals surface area (Å²) in [6.07, 6.45) is 0. The van der Waals surface area contributed by atoms with E-state index in [1.807, 2.05) is 18.2 Å². The normalized spacial score (nSPS) is 11.0. The van der Waals surface area contributed by atoms with Crippen molar-refractivity contribution < 1.29 is 4.74 Å². The molecule has 0 radical (unpaired) electrons. The second kappa shape index (κ2) is 8.55. The number of ether oxygens (including phenoxy) is 1. The second-order valence-corrected chi connectivity index (χ2v) is 6.05. The minimum atomic E-state index is 0.665. The van der Waals surface area contributed by atoms with Crippen LogP contribution in [0.25, 0.3) is 11.3 Å². The number of methoxy groups -OCH3 is 1. The first-order chi connectivity index (χ1) is 12.3. The van der Waals surface area contributed by atoms with Crippen LogP contribution < -0.4 is 5.32 Å². The highest BCUT2D eigenvalue weighted by molar-refractivity contribution is 5.60. The standard InChI is InChI=1S/C20H24N4O/c1-16-8-10-17(11-9-16)15-24-22-19(14-21-12-13-25-2)20(23-24)18-6-4-3-5-7-18/h3-11,21H,12-15H2,1-2H3. The van der Waals surface area contributed by atoms with Crippen LogP contribution in [0.2, 0.25) is 0 Å². The molecule has 0 atom stereocenters. The van der Waals surface area contributed by atoms with Gasteiger partial charge in [0.1, 0.15) is 11.4 Å². The summed E-state index contributed by atoms with van der Waals surface area (Å²) in [7, 11) is 1.70. The zero-order valence-electron chi connectivity index (χ0n) is 14.8. The number of nitrogens with zero attached hydrogens (tertiary/aromatic N) is 3. The Morgan fingerprint density at radius 1 is 1.00 bits per heavy atom. The molecule has 0 saturated carbocycles. The molecular formula is C20H24N4O. The molecule has 130 valence electrons. The lowest BCUT2D eigenvalue weighted by Crippen LogP contribution is -2.19. The van der Waals surface area contributed by atoms with Gasteiger partial charge in [0.15, 0.2) is 0 Å². The van der Waals surface area contributed by atoms with Crippen molar-refractivity contribution in [3.8, 4) is 11.3 Å².